The number of carbonyl (C=O) groups excluding carboxylic acids is 1. The fourth-order valence-corrected chi connectivity index (χ4v) is 3.16. The Balaban J connectivity index is 1.80. The van der Waals surface area contributed by atoms with Crippen LogP contribution in [0.15, 0.2) is 48.8 Å². The van der Waals surface area contributed by atoms with Crippen LogP contribution in [-0.4, -0.2) is 29.6 Å². The second-order valence-electron chi connectivity index (χ2n) is 6.00. The monoisotopic (exact) mass is 325 g/mol. The maximum Gasteiger partial charge on any atom is 0.322 e. The largest absolute Gasteiger partial charge is 0.497 e. The zero-order chi connectivity index (χ0) is 16.8. The summed E-state index contributed by atoms with van der Waals surface area (Å²) in [7, 11) is 1.66. The van der Waals surface area contributed by atoms with E-state index in [-0.39, 0.29) is 12.1 Å². The summed E-state index contributed by atoms with van der Waals surface area (Å²) >= 11 is 0. The van der Waals surface area contributed by atoms with Gasteiger partial charge in [-0.15, -0.1) is 0 Å². The van der Waals surface area contributed by atoms with Crippen molar-refractivity contribution in [3.63, 3.8) is 0 Å². The molecular weight excluding hydrogens is 302 g/mol. The summed E-state index contributed by atoms with van der Waals surface area (Å²) < 4.78 is 5.23. The number of rotatable bonds is 3. The Morgan fingerprint density at radius 2 is 2.04 bits per heavy atom. The lowest BCUT2D eigenvalue weighted by Gasteiger charge is -2.30. The number of nitrogens with one attached hydrogen (secondary N) is 1. The third kappa shape index (κ3) is 3.85. The molecule has 2 heterocycles. The van der Waals surface area contributed by atoms with Gasteiger partial charge in [0.2, 0.25) is 0 Å². The number of anilines is 1. The molecule has 1 saturated heterocycles. The molecule has 0 saturated carbocycles. The molecule has 1 fully saturated rings. The fourth-order valence-electron chi connectivity index (χ4n) is 3.16. The molecule has 5 nitrogen and oxygen atoms in total. The van der Waals surface area contributed by atoms with E-state index in [4.69, 9.17) is 4.74 Å². The number of benzene rings is 1. The normalized spacial score (nSPS) is 17.9. The van der Waals surface area contributed by atoms with E-state index in [9.17, 15) is 4.79 Å². The number of urea groups is 1. The molecule has 24 heavy (non-hydrogen) atoms. The van der Waals surface area contributed by atoms with Crippen LogP contribution in [-0.2, 0) is 0 Å². The zero-order valence-electron chi connectivity index (χ0n) is 13.9. The van der Waals surface area contributed by atoms with Gasteiger partial charge in [0.25, 0.3) is 0 Å². The number of nitrogens with zero attached hydrogens (tertiary/aromatic N) is 2. The molecule has 1 atom stereocenters. The predicted octanol–water partition coefficient (Wildman–Crippen LogP) is 4.24. The van der Waals surface area contributed by atoms with Crippen LogP contribution in [0.1, 0.15) is 37.3 Å². The van der Waals surface area contributed by atoms with Crippen molar-refractivity contribution in [2.24, 2.45) is 0 Å². The summed E-state index contributed by atoms with van der Waals surface area (Å²) in [5.74, 6) is 0.832. The highest BCUT2D eigenvalue weighted by Crippen LogP contribution is 2.31. The summed E-state index contributed by atoms with van der Waals surface area (Å²) in [6.07, 6.45) is 7.66. The van der Waals surface area contributed by atoms with Gasteiger partial charge in [0.1, 0.15) is 5.75 Å². The van der Waals surface area contributed by atoms with Crippen LogP contribution in [0, 0.1) is 0 Å². The Bertz CT molecular complexity index is 658. The van der Waals surface area contributed by atoms with Crippen molar-refractivity contribution in [3.05, 3.63) is 54.4 Å². The Hall–Kier alpha value is -2.56. The number of carbonyl (C=O) groups is 1. The van der Waals surface area contributed by atoms with Gasteiger partial charge in [0.15, 0.2) is 0 Å². The third-order valence-corrected chi connectivity index (χ3v) is 4.43. The highest BCUT2D eigenvalue weighted by atomic mass is 16.5. The van der Waals surface area contributed by atoms with Crippen LogP contribution >= 0.6 is 0 Å². The second kappa shape index (κ2) is 7.81. The lowest BCUT2D eigenvalue weighted by Crippen LogP contribution is -2.38. The van der Waals surface area contributed by atoms with Crippen molar-refractivity contribution in [1.82, 2.24) is 9.88 Å². The molecule has 1 aliphatic heterocycles. The van der Waals surface area contributed by atoms with Gasteiger partial charge in [-0.1, -0.05) is 25.0 Å². The quantitative estimate of drug-likeness (QED) is 0.918. The van der Waals surface area contributed by atoms with Gasteiger partial charge < -0.3 is 15.0 Å². The van der Waals surface area contributed by atoms with Crippen LogP contribution in [0.5, 0.6) is 5.75 Å². The molecular formula is C19H23N3O2. The van der Waals surface area contributed by atoms with Crippen molar-refractivity contribution in [2.75, 3.05) is 19.0 Å². The van der Waals surface area contributed by atoms with Gasteiger partial charge in [0, 0.05) is 12.7 Å². The van der Waals surface area contributed by atoms with Crippen LogP contribution in [0.3, 0.4) is 0 Å². The van der Waals surface area contributed by atoms with Gasteiger partial charge in [-0.25, -0.2) is 4.79 Å². The number of hydrogen-bond donors (Lipinski definition) is 1. The summed E-state index contributed by atoms with van der Waals surface area (Å²) in [6.45, 7) is 0.767. The van der Waals surface area contributed by atoms with Gasteiger partial charge in [-0.2, -0.15) is 0 Å². The molecule has 1 aromatic carbocycles. The molecule has 1 N–H and O–H groups in total. The first kappa shape index (κ1) is 16.3. The Labute approximate surface area is 142 Å². The SMILES string of the molecule is COc1ccc([C@H]2CCCCCN2C(=O)Nc2cccnc2)cc1. The molecule has 3 rings (SSSR count). The molecule has 0 radical (unpaired) electrons. The molecule has 0 bridgehead atoms. The topological polar surface area (TPSA) is 54.5 Å². The minimum absolute atomic E-state index is 0.0641. The maximum atomic E-state index is 12.8. The molecule has 2 amide bonds. The second-order valence-corrected chi connectivity index (χ2v) is 6.00. The van der Waals surface area contributed by atoms with Crippen molar-refractivity contribution >= 4 is 11.7 Å². The van der Waals surface area contributed by atoms with E-state index in [2.05, 4.69) is 22.4 Å². The van der Waals surface area contributed by atoms with Crippen molar-refractivity contribution in [1.29, 1.82) is 0 Å². The lowest BCUT2D eigenvalue weighted by molar-refractivity contribution is 0.189. The number of hydrogen-bond acceptors (Lipinski definition) is 3. The van der Waals surface area contributed by atoms with E-state index in [1.807, 2.05) is 29.2 Å². The van der Waals surface area contributed by atoms with Gasteiger partial charge >= 0.3 is 6.03 Å². The maximum absolute atomic E-state index is 12.8. The molecule has 2 aromatic rings. The molecule has 5 heteroatoms. The van der Waals surface area contributed by atoms with E-state index in [0.717, 1.165) is 49.2 Å². The minimum atomic E-state index is -0.0641. The molecule has 0 spiro atoms. The predicted molar refractivity (Wildman–Crippen MR) is 94.2 cm³/mol. The van der Waals surface area contributed by atoms with Gasteiger partial charge in [-0.3, -0.25) is 4.98 Å². The average Bonchev–Trinajstić information content (AvgIpc) is 2.89. The van der Waals surface area contributed by atoms with Gasteiger partial charge in [-0.05, 0) is 42.7 Å². The number of likely N-dealkylation sites (tertiary alicyclic amines) is 1. The summed E-state index contributed by atoms with van der Waals surface area (Å²) in [5.41, 5.74) is 1.87. The van der Waals surface area contributed by atoms with Crippen LogP contribution in [0.2, 0.25) is 0 Å². The number of ether oxygens (including phenoxy) is 1. The standard InChI is InChI=1S/C19H23N3O2/c1-24-17-10-8-15(9-11-17)18-7-3-2-4-13-22(18)19(23)21-16-6-5-12-20-14-16/h5-6,8-12,14,18H,2-4,7,13H2,1H3,(H,21,23)/t18-/m1/s1. The van der Waals surface area contributed by atoms with Gasteiger partial charge in [0.05, 0.1) is 25.0 Å². The number of amides is 2. The number of methoxy groups -OCH3 is 1. The van der Waals surface area contributed by atoms with E-state index in [1.54, 1.807) is 19.5 Å². The fraction of sp³-hybridized carbons (Fsp3) is 0.368. The molecule has 1 aromatic heterocycles. The molecule has 1 aliphatic rings. The van der Waals surface area contributed by atoms with Crippen LogP contribution in [0.25, 0.3) is 0 Å². The molecule has 0 unspecified atom stereocenters. The first-order valence-corrected chi connectivity index (χ1v) is 8.39. The molecule has 0 aliphatic carbocycles. The van der Waals surface area contributed by atoms with Crippen molar-refractivity contribution in [3.8, 4) is 5.75 Å². The number of aromatic nitrogens is 1. The first-order chi connectivity index (χ1) is 11.8. The van der Waals surface area contributed by atoms with E-state index >= 15 is 0 Å². The highest BCUT2D eigenvalue weighted by molar-refractivity contribution is 5.89. The van der Waals surface area contributed by atoms with E-state index in [0.29, 0.717) is 0 Å². The van der Waals surface area contributed by atoms with E-state index in [1.165, 1.54) is 0 Å². The zero-order valence-corrected chi connectivity index (χ0v) is 13.9. The third-order valence-electron chi connectivity index (χ3n) is 4.43. The first-order valence-electron chi connectivity index (χ1n) is 8.39. The Morgan fingerprint density at radius 1 is 1.21 bits per heavy atom. The summed E-state index contributed by atoms with van der Waals surface area (Å²) in [6, 6.07) is 11.7. The van der Waals surface area contributed by atoms with Crippen molar-refractivity contribution in [2.45, 2.75) is 31.7 Å². The van der Waals surface area contributed by atoms with Crippen LogP contribution < -0.4 is 10.1 Å². The summed E-state index contributed by atoms with van der Waals surface area (Å²) in [4.78, 5) is 18.8. The number of pyridine rings is 1. The molecule has 126 valence electrons. The lowest BCUT2D eigenvalue weighted by atomic mass is 10.0. The smallest absolute Gasteiger partial charge is 0.322 e. The Kier molecular flexibility index (Phi) is 5.31. The minimum Gasteiger partial charge on any atom is -0.497 e. The average molecular weight is 325 g/mol. The summed E-state index contributed by atoms with van der Waals surface area (Å²) in [5, 5.41) is 2.96. The van der Waals surface area contributed by atoms with E-state index < -0.39 is 0 Å². The van der Waals surface area contributed by atoms with Crippen LogP contribution in [0.4, 0.5) is 10.5 Å². The highest BCUT2D eigenvalue weighted by Gasteiger charge is 2.26. The Morgan fingerprint density at radius 3 is 2.75 bits per heavy atom. The van der Waals surface area contributed by atoms with Crippen molar-refractivity contribution < 1.29 is 9.53 Å².